The first-order valence-corrected chi connectivity index (χ1v) is 8.47. The Morgan fingerprint density at radius 3 is 2.22 bits per heavy atom. The van der Waals surface area contributed by atoms with Crippen LogP contribution >= 0.6 is 0 Å². The number of carbonyl (C=O) groups is 1. The number of ketones is 1. The minimum Gasteiger partial charge on any atom is -0.454 e. The molecule has 0 saturated heterocycles. The topological polar surface area (TPSA) is 60.2 Å². The van der Waals surface area contributed by atoms with E-state index in [4.69, 9.17) is 9.47 Å². The van der Waals surface area contributed by atoms with Crippen LogP contribution in [0.1, 0.15) is 21.5 Å². The van der Waals surface area contributed by atoms with Crippen LogP contribution in [0.25, 0.3) is 0 Å². The second-order valence-electron chi connectivity index (χ2n) is 5.87. The third kappa shape index (κ3) is 3.77. The van der Waals surface area contributed by atoms with Crippen molar-refractivity contribution in [1.82, 2.24) is 0 Å². The summed E-state index contributed by atoms with van der Waals surface area (Å²) in [5, 5.41) is 8.36. The maximum Gasteiger partial charge on any atom is 0.231 e. The van der Waals surface area contributed by atoms with E-state index in [0.29, 0.717) is 28.3 Å². The van der Waals surface area contributed by atoms with E-state index in [-0.39, 0.29) is 12.6 Å². The molecule has 3 aromatic rings. The van der Waals surface area contributed by atoms with Gasteiger partial charge < -0.3 is 9.47 Å². The van der Waals surface area contributed by atoms with Gasteiger partial charge in [0.05, 0.1) is 6.21 Å². The Balaban J connectivity index is 1.65. The molecular weight excluding hydrogens is 340 g/mol. The third-order valence-electron chi connectivity index (χ3n) is 4.06. The zero-order valence-electron chi connectivity index (χ0n) is 14.4. The second kappa shape index (κ2) is 7.66. The van der Waals surface area contributed by atoms with Crippen molar-refractivity contribution in [2.24, 2.45) is 10.2 Å². The number of Topliss-reactive ketones (excluding diaryl/α,β-unsaturated/α-hetero) is 1. The molecule has 0 saturated carbocycles. The molecular formula is C22H16N2O3. The molecule has 0 aromatic heterocycles. The summed E-state index contributed by atoms with van der Waals surface area (Å²) in [6.45, 7) is 0.220. The maximum atomic E-state index is 12.9. The molecule has 5 heteroatoms. The smallest absolute Gasteiger partial charge is 0.231 e. The number of rotatable bonds is 5. The molecule has 132 valence electrons. The first kappa shape index (κ1) is 16.7. The van der Waals surface area contributed by atoms with Crippen molar-refractivity contribution in [2.45, 2.75) is 0 Å². The third-order valence-corrected chi connectivity index (χ3v) is 4.06. The summed E-state index contributed by atoms with van der Waals surface area (Å²) >= 11 is 0. The van der Waals surface area contributed by atoms with E-state index in [1.54, 1.807) is 18.3 Å². The lowest BCUT2D eigenvalue weighted by Gasteiger charge is -2.04. The molecule has 0 bridgehead atoms. The van der Waals surface area contributed by atoms with E-state index >= 15 is 0 Å². The molecule has 1 aliphatic rings. The van der Waals surface area contributed by atoms with Crippen LogP contribution in [0.3, 0.4) is 0 Å². The van der Waals surface area contributed by atoms with Gasteiger partial charge in [0.25, 0.3) is 0 Å². The van der Waals surface area contributed by atoms with E-state index in [0.717, 1.165) is 5.56 Å². The van der Waals surface area contributed by atoms with Gasteiger partial charge in [-0.1, -0.05) is 60.7 Å². The van der Waals surface area contributed by atoms with Gasteiger partial charge in [0.15, 0.2) is 11.5 Å². The van der Waals surface area contributed by atoms with Gasteiger partial charge in [-0.3, -0.25) is 4.79 Å². The molecule has 0 unspecified atom stereocenters. The van der Waals surface area contributed by atoms with Gasteiger partial charge in [0.2, 0.25) is 12.6 Å². The highest BCUT2D eigenvalue weighted by Gasteiger charge is 2.16. The van der Waals surface area contributed by atoms with E-state index in [1.807, 2.05) is 66.7 Å². The van der Waals surface area contributed by atoms with Gasteiger partial charge in [-0.15, -0.1) is 5.10 Å². The fourth-order valence-corrected chi connectivity index (χ4v) is 2.70. The lowest BCUT2D eigenvalue weighted by atomic mass is 10.0. The van der Waals surface area contributed by atoms with Crippen LogP contribution in [-0.2, 0) is 0 Å². The Labute approximate surface area is 156 Å². The number of fused-ring (bicyclic) bond motifs is 1. The highest BCUT2D eigenvalue weighted by Crippen LogP contribution is 2.31. The summed E-state index contributed by atoms with van der Waals surface area (Å²) in [6, 6.07) is 23.9. The molecule has 5 nitrogen and oxygen atoms in total. The maximum absolute atomic E-state index is 12.9. The highest BCUT2D eigenvalue weighted by atomic mass is 16.7. The Morgan fingerprint density at radius 1 is 0.815 bits per heavy atom. The Hall–Kier alpha value is -3.73. The SMILES string of the molecule is O=C(/C(=N/N=C/c1ccc2c(c1)OCO2)c1ccccc1)c1ccccc1. The molecule has 0 atom stereocenters. The standard InChI is InChI=1S/C22H16N2O3/c25-22(18-9-5-2-6-10-18)21(17-7-3-1-4-8-17)24-23-14-16-11-12-19-20(13-16)27-15-26-19/h1-14H,15H2/b23-14+,24-21+. The average molecular weight is 356 g/mol. The van der Waals surface area contributed by atoms with Crippen molar-refractivity contribution < 1.29 is 14.3 Å². The molecule has 4 rings (SSSR count). The van der Waals surface area contributed by atoms with Crippen LogP contribution in [-0.4, -0.2) is 24.5 Å². The van der Waals surface area contributed by atoms with Crippen LogP contribution in [0.2, 0.25) is 0 Å². The number of hydrogen-bond donors (Lipinski definition) is 0. The largest absolute Gasteiger partial charge is 0.454 e. The van der Waals surface area contributed by atoms with Crippen molar-refractivity contribution >= 4 is 17.7 Å². The zero-order valence-corrected chi connectivity index (χ0v) is 14.4. The predicted octanol–water partition coefficient (Wildman–Crippen LogP) is 4.12. The molecule has 3 aromatic carbocycles. The Kier molecular flexibility index (Phi) is 4.74. The van der Waals surface area contributed by atoms with E-state index < -0.39 is 0 Å². The van der Waals surface area contributed by atoms with Gasteiger partial charge in [-0.05, 0) is 23.8 Å². The summed E-state index contributed by atoms with van der Waals surface area (Å²) in [7, 11) is 0. The van der Waals surface area contributed by atoms with Crippen molar-refractivity contribution in [3.8, 4) is 11.5 Å². The summed E-state index contributed by atoms with van der Waals surface area (Å²) in [4.78, 5) is 12.9. The number of carbonyl (C=O) groups excluding carboxylic acids is 1. The summed E-state index contributed by atoms with van der Waals surface area (Å²) in [6.07, 6.45) is 1.59. The lowest BCUT2D eigenvalue weighted by Crippen LogP contribution is -2.15. The minimum atomic E-state index is -0.176. The van der Waals surface area contributed by atoms with Crippen molar-refractivity contribution in [3.63, 3.8) is 0 Å². The summed E-state index contributed by atoms with van der Waals surface area (Å²) in [5.41, 5.74) is 2.38. The number of nitrogens with zero attached hydrogens (tertiary/aromatic N) is 2. The van der Waals surface area contributed by atoms with Gasteiger partial charge >= 0.3 is 0 Å². The van der Waals surface area contributed by atoms with Crippen LogP contribution in [0.15, 0.2) is 89.1 Å². The van der Waals surface area contributed by atoms with Crippen molar-refractivity contribution in [1.29, 1.82) is 0 Å². The molecule has 0 fully saturated rings. The zero-order chi connectivity index (χ0) is 18.5. The van der Waals surface area contributed by atoms with Crippen LogP contribution in [0, 0.1) is 0 Å². The number of ether oxygens (including phenoxy) is 2. The van der Waals surface area contributed by atoms with Crippen LogP contribution in [0.4, 0.5) is 0 Å². The lowest BCUT2D eigenvalue weighted by molar-refractivity contribution is 0.106. The van der Waals surface area contributed by atoms with Crippen LogP contribution in [0.5, 0.6) is 11.5 Å². The molecule has 1 aliphatic heterocycles. The van der Waals surface area contributed by atoms with Crippen molar-refractivity contribution in [2.75, 3.05) is 6.79 Å². The number of benzene rings is 3. The Morgan fingerprint density at radius 2 is 1.48 bits per heavy atom. The minimum absolute atomic E-state index is 0.176. The monoisotopic (exact) mass is 356 g/mol. The fraction of sp³-hybridized carbons (Fsp3) is 0.0455. The first-order chi connectivity index (χ1) is 13.3. The van der Waals surface area contributed by atoms with Gasteiger partial charge in [-0.25, -0.2) is 0 Å². The molecule has 0 N–H and O–H groups in total. The van der Waals surface area contributed by atoms with E-state index in [1.165, 1.54) is 0 Å². The van der Waals surface area contributed by atoms with E-state index in [9.17, 15) is 4.79 Å². The molecule has 0 amide bonds. The molecule has 1 heterocycles. The summed E-state index contributed by atoms with van der Waals surface area (Å²) in [5.74, 6) is 1.20. The van der Waals surface area contributed by atoms with Gasteiger partial charge in [0, 0.05) is 11.1 Å². The van der Waals surface area contributed by atoms with Gasteiger partial charge in [0.1, 0.15) is 5.71 Å². The quantitative estimate of drug-likeness (QED) is 0.392. The van der Waals surface area contributed by atoms with Crippen molar-refractivity contribution in [3.05, 3.63) is 95.6 Å². The average Bonchev–Trinajstić information content (AvgIpc) is 3.20. The molecule has 0 radical (unpaired) electrons. The summed E-state index contributed by atoms with van der Waals surface area (Å²) < 4.78 is 10.7. The number of hydrogen-bond acceptors (Lipinski definition) is 5. The highest BCUT2D eigenvalue weighted by molar-refractivity contribution is 6.51. The van der Waals surface area contributed by atoms with Gasteiger partial charge in [-0.2, -0.15) is 5.10 Å². The first-order valence-electron chi connectivity index (χ1n) is 8.47. The molecule has 27 heavy (non-hydrogen) atoms. The normalized spacial score (nSPS) is 13.1. The molecule has 0 spiro atoms. The molecule has 0 aliphatic carbocycles. The predicted molar refractivity (Wildman–Crippen MR) is 104 cm³/mol. The Bertz CT molecular complexity index is 1010. The second-order valence-corrected chi connectivity index (χ2v) is 5.87. The fourth-order valence-electron chi connectivity index (χ4n) is 2.70. The van der Waals surface area contributed by atoms with Crippen LogP contribution < -0.4 is 9.47 Å². The van der Waals surface area contributed by atoms with E-state index in [2.05, 4.69) is 10.2 Å².